The number of nitrogens with one attached hydrogen (secondary N) is 1. The number of carbonyl (C=O) groups excluding carboxylic acids is 1. The number of nitro groups is 2. The molecule has 5 atom stereocenters. The Labute approximate surface area is 255 Å². The number of non-ortho nitro benzene ring substituents is 1. The third kappa shape index (κ3) is 5.12. The lowest BCUT2D eigenvalue weighted by Crippen LogP contribution is -2.32. The van der Waals surface area contributed by atoms with E-state index in [0.29, 0.717) is 38.7 Å². The van der Waals surface area contributed by atoms with Crippen LogP contribution in [0.15, 0.2) is 95.9 Å². The minimum atomic E-state index is -0.472. The van der Waals surface area contributed by atoms with E-state index < -0.39 is 21.3 Å². The van der Waals surface area contributed by atoms with Crippen LogP contribution in [0.1, 0.15) is 45.4 Å². The van der Waals surface area contributed by atoms with E-state index in [1.54, 1.807) is 60.7 Å². The number of anilines is 1. The Morgan fingerprint density at radius 1 is 0.905 bits per heavy atom. The molecule has 4 aromatic carbocycles. The second-order valence-electron chi connectivity index (χ2n) is 10.3. The molecule has 1 aliphatic heterocycles. The largest absolute Gasteiger partial charge is 0.377 e. The molecule has 1 fully saturated rings. The molecular formula is C31H23Cl2N3O5S. The molecule has 2 aliphatic rings. The van der Waals surface area contributed by atoms with Crippen molar-refractivity contribution in [1.82, 2.24) is 0 Å². The van der Waals surface area contributed by atoms with Gasteiger partial charge in [0.15, 0.2) is 5.78 Å². The first-order valence-corrected chi connectivity index (χ1v) is 14.9. The molecule has 0 unspecified atom stereocenters. The minimum absolute atomic E-state index is 0.00814. The lowest BCUT2D eigenvalue weighted by Gasteiger charge is -2.39. The van der Waals surface area contributed by atoms with Gasteiger partial charge in [-0.2, -0.15) is 0 Å². The Bertz CT molecular complexity index is 1720. The van der Waals surface area contributed by atoms with Gasteiger partial charge in [0.2, 0.25) is 0 Å². The maximum absolute atomic E-state index is 13.7. The summed E-state index contributed by atoms with van der Waals surface area (Å²) in [4.78, 5) is 36.8. The monoisotopic (exact) mass is 619 g/mol. The number of carbonyl (C=O) groups is 1. The van der Waals surface area contributed by atoms with Crippen LogP contribution in [0.25, 0.3) is 0 Å². The second-order valence-corrected chi connectivity index (χ2v) is 12.6. The zero-order valence-electron chi connectivity index (χ0n) is 21.9. The Hall–Kier alpha value is -3.92. The van der Waals surface area contributed by atoms with Crippen LogP contribution in [0.4, 0.5) is 17.1 Å². The summed E-state index contributed by atoms with van der Waals surface area (Å²) in [5, 5.41) is 26.6. The molecule has 1 heterocycles. The van der Waals surface area contributed by atoms with E-state index in [1.165, 1.54) is 23.9 Å². The van der Waals surface area contributed by atoms with Crippen LogP contribution in [0.2, 0.25) is 5.02 Å². The molecule has 0 bridgehead atoms. The summed E-state index contributed by atoms with van der Waals surface area (Å²) in [7, 11) is 0. The van der Waals surface area contributed by atoms with Crippen molar-refractivity contribution in [3.05, 3.63) is 139 Å². The van der Waals surface area contributed by atoms with Gasteiger partial charge in [-0.1, -0.05) is 66.2 Å². The van der Waals surface area contributed by atoms with Crippen LogP contribution in [0.5, 0.6) is 0 Å². The normalized spacial score (nSPS) is 22.5. The predicted molar refractivity (Wildman–Crippen MR) is 164 cm³/mol. The SMILES string of the molecule is O=C(c1ccccc1)c1cc(Cl)cc2c1N[C@H](c1cccc([N+](=O)[O-])c1)[C@@H]1C[C@H](Sc3ccccc3[N+](=O)[O-])[C@@H](Cl)[C@H]21. The van der Waals surface area contributed by atoms with E-state index in [4.69, 9.17) is 23.2 Å². The Morgan fingerprint density at radius 2 is 1.64 bits per heavy atom. The smallest absolute Gasteiger partial charge is 0.282 e. The number of hydrogen-bond acceptors (Lipinski definition) is 7. The molecule has 0 saturated heterocycles. The van der Waals surface area contributed by atoms with Crippen LogP contribution in [0, 0.1) is 26.1 Å². The van der Waals surface area contributed by atoms with Crippen molar-refractivity contribution >= 4 is 57.8 Å². The number of rotatable bonds is 7. The van der Waals surface area contributed by atoms with E-state index in [9.17, 15) is 25.0 Å². The summed E-state index contributed by atoms with van der Waals surface area (Å²) >= 11 is 15.2. The fraction of sp³-hybridized carbons (Fsp3) is 0.194. The highest BCUT2D eigenvalue weighted by atomic mass is 35.5. The Kier molecular flexibility index (Phi) is 7.66. The molecule has 1 saturated carbocycles. The summed E-state index contributed by atoms with van der Waals surface area (Å²) in [6, 6.07) is 24.9. The summed E-state index contributed by atoms with van der Waals surface area (Å²) < 4.78 is 0. The Balaban J connectivity index is 1.48. The van der Waals surface area contributed by atoms with Gasteiger partial charge in [-0.3, -0.25) is 25.0 Å². The fourth-order valence-electron chi connectivity index (χ4n) is 6.14. The number of alkyl halides is 1. The first-order chi connectivity index (χ1) is 20.2. The van der Waals surface area contributed by atoms with Gasteiger partial charge in [0.05, 0.1) is 26.2 Å². The zero-order valence-corrected chi connectivity index (χ0v) is 24.2. The van der Waals surface area contributed by atoms with E-state index in [2.05, 4.69) is 5.32 Å². The summed E-state index contributed by atoms with van der Waals surface area (Å²) in [6.45, 7) is 0. The molecule has 4 aromatic rings. The standard InChI is InChI=1S/C31H23Cl2N3O5S/c32-19-14-21-27-22(16-26(28(27)33)42-25-12-5-4-11-24(25)36(40)41)29(18-9-6-10-20(13-18)35(38)39)34-30(21)23(15-19)31(37)17-7-2-1-3-8-17/h1-15,22,26-29,34H,16H2/t22-,26+,27-,28-,29-/m1/s1. The number of thioether (sulfide) groups is 1. The fourth-order valence-corrected chi connectivity index (χ4v) is 8.31. The highest BCUT2D eigenvalue weighted by Gasteiger charge is 2.51. The number of fused-ring (bicyclic) bond motifs is 3. The van der Waals surface area contributed by atoms with Crippen LogP contribution in [0.3, 0.4) is 0 Å². The molecule has 1 N–H and O–H groups in total. The molecular weight excluding hydrogens is 597 g/mol. The molecule has 0 amide bonds. The van der Waals surface area contributed by atoms with E-state index >= 15 is 0 Å². The maximum Gasteiger partial charge on any atom is 0.282 e. The average molecular weight is 621 g/mol. The van der Waals surface area contributed by atoms with Gasteiger partial charge >= 0.3 is 0 Å². The van der Waals surface area contributed by atoms with Crippen molar-refractivity contribution in [3.63, 3.8) is 0 Å². The summed E-state index contributed by atoms with van der Waals surface area (Å²) in [6.07, 6.45) is 0.573. The van der Waals surface area contributed by atoms with Gasteiger partial charge in [0.25, 0.3) is 11.4 Å². The van der Waals surface area contributed by atoms with E-state index in [-0.39, 0.29) is 34.2 Å². The molecule has 6 rings (SSSR count). The quantitative estimate of drug-likeness (QED) is 0.0954. The predicted octanol–water partition coefficient (Wildman–Crippen LogP) is 8.43. The Morgan fingerprint density at radius 3 is 2.38 bits per heavy atom. The molecule has 8 nitrogen and oxygen atoms in total. The molecule has 1 aliphatic carbocycles. The molecule has 0 radical (unpaired) electrons. The van der Waals surface area contributed by atoms with Crippen molar-refractivity contribution in [1.29, 1.82) is 0 Å². The molecule has 0 aromatic heterocycles. The van der Waals surface area contributed by atoms with Gasteiger partial charge in [-0.25, -0.2) is 0 Å². The second kappa shape index (κ2) is 11.4. The van der Waals surface area contributed by atoms with Gasteiger partial charge < -0.3 is 5.32 Å². The molecule has 11 heteroatoms. The van der Waals surface area contributed by atoms with Crippen molar-refractivity contribution in [3.8, 4) is 0 Å². The number of hydrogen-bond donors (Lipinski definition) is 1. The van der Waals surface area contributed by atoms with Crippen LogP contribution >= 0.6 is 35.0 Å². The number of nitrogens with zero attached hydrogens (tertiary/aromatic N) is 2. The zero-order chi connectivity index (χ0) is 29.5. The first kappa shape index (κ1) is 28.2. The van der Waals surface area contributed by atoms with Crippen LogP contribution in [-0.2, 0) is 0 Å². The molecule has 0 spiro atoms. The summed E-state index contributed by atoms with van der Waals surface area (Å²) in [5.74, 6) is -0.637. The van der Waals surface area contributed by atoms with Gasteiger partial charge in [-0.05, 0) is 41.7 Å². The highest BCUT2D eigenvalue weighted by Crippen LogP contribution is 2.59. The van der Waals surface area contributed by atoms with E-state index in [0.717, 1.165) is 5.56 Å². The topological polar surface area (TPSA) is 115 Å². The van der Waals surface area contributed by atoms with Gasteiger partial charge in [-0.15, -0.1) is 23.4 Å². The average Bonchev–Trinajstić information content (AvgIpc) is 3.32. The van der Waals surface area contributed by atoms with E-state index in [1.807, 2.05) is 18.2 Å². The number of ketones is 1. The number of halogens is 2. The molecule has 42 heavy (non-hydrogen) atoms. The number of nitro benzene ring substituents is 2. The van der Waals surface area contributed by atoms with Crippen molar-refractivity contribution in [2.45, 2.75) is 33.9 Å². The third-order valence-corrected chi connectivity index (χ3v) is 10.3. The number of para-hydroxylation sites is 1. The minimum Gasteiger partial charge on any atom is -0.377 e. The van der Waals surface area contributed by atoms with Gasteiger partial charge in [0.1, 0.15) is 0 Å². The first-order valence-electron chi connectivity index (χ1n) is 13.2. The van der Waals surface area contributed by atoms with Crippen molar-refractivity contribution in [2.75, 3.05) is 5.32 Å². The lowest BCUT2D eigenvalue weighted by atomic mass is 9.76. The number of benzene rings is 4. The maximum atomic E-state index is 13.7. The lowest BCUT2D eigenvalue weighted by molar-refractivity contribution is -0.387. The van der Waals surface area contributed by atoms with Gasteiger partial charge in [0, 0.05) is 51.2 Å². The van der Waals surface area contributed by atoms with Crippen molar-refractivity contribution in [2.24, 2.45) is 5.92 Å². The van der Waals surface area contributed by atoms with Crippen LogP contribution in [-0.4, -0.2) is 26.3 Å². The molecule has 212 valence electrons. The third-order valence-electron chi connectivity index (χ3n) is 7.95. The summed E-state index contributed by atoms with van der Waals surface area (Å²) in [5.41, 5.74) is 2.92. The highest BCUT2D eigenvalue weighted by molar-refractivity contribution is 8.00. The van der Waals surface area contributed by atoms with Crippen molar-refractivity contribution < 1.29 is 14.6 Å². The van der Waals surface area contributed by atoms with Crippen LogP contribution < -0.4 is 5.32 Å².